The Labute approximate surface area is 151 Å². The number of fused-ring (bicyclic) bond motifs is 1. The van der Waals surface area contributed by atoms with Crippen molar-refractivity contribution in [3.05, 3.63) is 69.9 Å². The zero-order valence-corrected chi connectivity index (χ0v) is 14.4. The molecule has 26 heavy (non-hydrogen) atoms. The Bertz CT molecular complexity index is 973. The van der Waals surface area contributed by atoms with Crippen LogP contribution in [0.5, 0.6) is 0 Å². The SMILES string of the molecule is C[C@H](NC(=O)c1ccc(C(=O)C(F)(F)F)s1)c1cccc2ccccc12. The van der Waals surface area contributed by atoms with E-state index in [1.54, 1.807) is 6.92 Å². The van der Waals surface area contributed by atoms with Crippen molar-refractivity contribution in [2.45, 2.75) is 19.1 Å². The Morgan fingerprint density at radius 2 is 1.62 bits per heavy atom. The van der Waals surface area contributed by atoms with Gasteiger partial charge in [-0.15, -0.1) is 11.3 Å². The number of carbonyl (C=O) groups is 2. The monoisotopic (exact) mass is 377 g/mol. The van der Waals surface area contributed by atoms with Gasteiger partial charge in [0.25, 0.3) is 11.7 Å². The average Bonchev–Trinajstić information content (AvgIpc) is 3.09. The van der Waals surface area contributed by atoms with Crippen molar-refractivity contribution in [2.75, 3.05) is 0 Å². The lowest BCUT2D eigenvalue weighted by atomic mass is 10.00. The van der Waals surface area contributed by atoms with Crippen LogP contribution in [0.1, 0.15) is 37.9 Å². The molecule has 0 aliphatic heterocycles. The van der Waals surface area contributed by atoms with Gasteiger partial charge in [-0.2, -0.15) is 13.2 Å². The molecule has 0 aliphatic carbocycles. The average molecular weight is 377 g/mol. The Hall–Kier alpha value is -2.67. The van der Waals surface area contributed by atoms with E-state index in [0.29, 0.717) is 11.3 Å². The van der Waals surface area contributed by atoms with Gasteiger partial charge in [-0.25, -0.2) is 0 Å². The third-order valence-corrected chi connectivity index (χ3v) is 5.03. The van der Waals surface area contributed by atoms with E-state index in [0.717, 1.165) is 22.4 Å². The Morgan fingerprint density at radius 3 is 2.35 bits per heavy atom. The molecule has 0 unspecified atom stereocenters. The van der Waals surface area contributed by atoms with E-state index in [9.17, 15) is 22.8 Å². The molecule has 3 aromatic rings. The van der Waals surface area contributed by atoms with Gasteiger partial charge in [0.15, 0.2) is 0 Å². The molecule has 3 rings (SSSR count). The number of hydrogen-bond donors (Lipinski definition) is 1. The van der Waals surface area contributed by atoms with Crippen LogP contribution in [0.2, 0.25) is 0 Å². The van der Waals surface area contributed by atoms with Crippen molar-refractivity contribution in [1.29, 1.82) is 0 Å². The third kappa shape index (κ3) is 3.62. The molecule has 0 saturated heterocycles. The number of hydrogen-bond acceptors (Lipinski definition) is 3. The fraction of sp³-hybridized carbons (Fsp3) is 0.158. The smallest absolute Gasteiger partial charge is 0.345 e. The van der Waals surface area contributed by atoms with Crippen LogP contribution in [0.4, 0.5) is 13.2 Å². The number of rotatable bonds is 4. The molecule has 0 radical (unpaired) electrons. The predicted octanol–water partition coefficient (Wildman–Crippen LogP) is 5.14. The van der Waals surface area contributed by atoms with Crippen molar-refractivity contribution in [2.24, 2.45) is 0 Å². The normalized spacial score (nSPS) is 12.8. The van der Waals surface area contributed by atoms with Crippen LogP contribution in [0.15, 0.2) is 54.6 Å². The maximum absolute atomic E-state index is 12.5. The highest BCUT2D eigenvalue weighted by atomic mass is 32.1. The topological polar surface area (TPSA) is 46.2 Å². The number of halogens is 3. The van der Waals surface area contributed by atoms with Crippen LogP contribution in [-0.2, 0) is 0 Å². The molecule has 1 N–H and O–H groups in total. The molecule has 0 spiro atoms. The number of thiophene rings is 1. The number of Topliss-reactive ketones (excluding diaryl/α,β-unsaturated/α-hetero) is 1. The molecule has 1 atom stereocenters. The fourth-order valence-corrected chi connectivity index (χ4v) is 3.56. The number of amides is 1. The van der Waals surface area contributed by atoms with Crippen LogP contribution in [0.3, 0.4) is 0 Å². The number of nitrogens with one attached hydrogen (secondary N) is 1. The van der Waals surface area contributed by atoms with Gasteiger partial charge >= 0.3 is 6.18 Å². The molecule has 7 heteroatoms. The van der Waals surface area contributed by atoms with Crippen LogP contribution in [0.25, 0.3) is 10.8 Å². The minimum atomic E-state index is -4.95. The molecule has 134 valence electrons. The van der Waals surface area contributed by atoms with Crippen molar-refractivity contribution in [3.8, 4) is 0 Å². The summed E-state index contributed by atoms with van der Waals surface area (Å²) in [4.78, 5) is 23.2. The van der Waals surface area contributed by atoms with Crippen LogP contribution in [-0.4, -0.2) is 17.9 Å². The van der Waals surface area contributed by atoms with Crippen molar-refractivity contribution in [1.82, 2.24) is 5.32 Å². The maximum Gasteiger partial charge on any atom is 0.455 e. The van der Waals surface area contributed by atoms with Gasteiger partial charge in [0, 0.05) is 0 Å². The number of carbonyl (C=O) groups excluding carboxylic acids is 2. The van der Waals surface area contributed by atoms with Crippen molar-refractivity contribution in [3.63, 3.8) is 0 Å². The van der Waals surface area contributed by atoms with Crippen LogP contribution >= 0.6 is 11.3 Å². The summed E-state index contributed by atoms with van der Waals surface area (Å²) in [5, 5.41) is 4.79. The molecule has 0 bridgehead atoms. The van der Waals surface area contributed by atoms with E-state index in [4.69, 9.17) is 0 Å². The van der Waals surface area contributed by atoms with Crippen molar-refractivity contribution < 1.29 is 22.8 Å². The first kappa shape index (κ1) is 18.1. The lowest BCUT2D eigenvalue weighted by molar-refractivity contribution is -0.0882. The minimum Gasteiger partial charge on any atom is -0.345 e. The summed E-state index contributed by atoms with van der Waals surface area (Å²) in [5.74, 6) is -2.46. The van der Waals surface area contributed by atoms with Gasteiger partial charge in [0.1, 0.15) is 0 Å². The van der Waals surface area contributed by atoms with Gasteiger partial charge in [-0.3, -0.25) is 9.59 Å². The van der Waals surface area contributed by atoms with Crippen LogP contribution in [0, 0.1) is 0 Å². The van der Waals surface area contributed by atoms with E-state index in [-0.39, 0.29) is 10.9 Å². The van der Waals surface area contributed by atoms with E-state index < -0.39 is 22.7 Å². The van der Waals surface area contributed by atoms with Gasteiger partial charge in [-0.1, -0.05) is 42.5 Å². The summed E-state index contributed by atoms with van der Waals surface area (Å²) in [6, 6.07) is 15.4. The van der Waals surface area contributed by atoms with Gasteiger partial charge in [0.2, 0.25) is 0 Å². The second-order valence-electron chi connectivity index (χ2n) is 5.75. The molecule has 1 aromatic heterocycles. The number of benzene rings is 2. The molecular formula is C19H14F3NO2S. The molecule has 0 saturated carbocycles. The summed E-state index contributed by atoms with van der Waals surface area (Å²) in [6.45, 7) is 1.80. The van der Waals surface area contributed by atoms with Crippen molar-refractivity contribution >= 4 is 33.8 Å². The largest absolute Gasteiger partial charge is 0.455 e. The minimum absolute atomic E-state index is 0.0599. The number of alkyl halides is 3. The van der Waals surface area contributed by atoms with Gasteiger partial charge in [0.05, 0.1) is 15.8 Å². The van der Waals surface area contributed by atoms with Gasteiger partial charge in [-0.05, 0) is 35.4 Å². The molecule has 2 aromatic carbocycles. The van der Waals surface area contributed by atoms with E-state index in [1.807, 2.05) is 42.5 Å². The summed E-state index contributed by atoms with van der Waals surface area (Å²) >= 11 is 0.535. The van der Waals surface area contributed by atoms with E-state index >= 15 is 0 Å². The zero-order valence-electron chi connectivity index (χ0n) is 13.6. The number of ketones is 1. The fourth-order valence-electron chi connectivity index (χ4n) is 2.70. The Kier molecular flexibility index (Phi) is 4.82. The highest BCUT2D eigenvalue weighted by molar-refractivity contribution is 7.16. The highest BCUT2D eigenvalue weighted by Crippen LogP contribution is 2.28. The standard InChI is InChI=1S/C19H14F3NO2S/c1-11(13-8-4-6-12-5-2-3-7-14(12)13)23-18(25)16-10-9-15(26-16)17(24)19(20,21)22/h2-11H,1H3,(H,23,25)/t11-/m0/s1. The predicted molar refractivity (Wildman–Crippen MR) is 94.5 cm³/mol. The summed E-state index contributed by atoms with van der Waals surface area (Å²) in [5.41, 5.74) is 0.902. The quantitative estimate of drug-likeness (QED) is 0.640. The van der Waals surface area contributed by atoms with Gasteiger partial charge < -0.3 is 5.32 Å². The summed E-state index contributed by atoms with van der Waals surface area (Å²) < 4.78 is 37.4. The lowest BCUT2D eigenvalue weighted by Crippen LogP contribution is -2.26. The molecule has 0 aliphatic rings. The Balaban J connectivity index is 1.80. The zero-order chi connectivity index (χ0) is 18.9. The molecule has 0 fully saturated rings. The second kappa shape index (κ2) is 6.92. The summed E-state index contributed by atoms with van der Waals surface area (Å²) in [6.07, 6.45) is -4.95. The van der Waals surface area contributed by atoms with E-state index in [1.165, 1.54) is 6.07 Å². The first-order valence-corrected chi connectivity index (χ1v) is 8.59. The maximum atomic E-state index is 12.5. The highest BCUT2D eigenvalue weighted by Gasteiger charge is 2.40. The lowest BCUT2D eigenvalue weighted by Gasteiger charge is -2.16. The summed E-state index contributed by atoms with van der Waals surface area (Å²) in [7, 11) is 0. The first-order chi connectivity index (χ1) is 12.3. The third-order valence-electron chi connectivity index (χ3n) is 3.95. The second-order valence-corrected chi connectivity index (χ2v) is 6.84. The van der Waals surface area contributed by atoms with E-state index in [2.05, 4.69) is 5.32 Å². The van der Waals surface area contributed by atoms with Crippen LogP contribution < -0.4 is 5.32 Å². The Morgan fingerprint density at radius 1 is 0.962 bits per heavy atom. The molecule has 1 heterocycles. The first-order valence-electron chi connectivity index (χ1n) is 7.77. The molecular weight excluding hydrogens is 363 g/mol. The molecule has 1 amide bonds. The molecule has 3 nitrogen and oxygen atoms in total.